The summed E-state index contributed by atoms with van der Waals surface area (Å²) in [6.45, 7) is 7.47. The number of nitrogens with one attached hydrogen (secondary N) is 1. The zero-order valence-corrected chi connectivity index (χ0v) is 13.0. The van der Waals surface area contributed by atoms with Crippen molar-refractivity contribution in [3.05, 3.63) is 12.2 Å². The van der Waals surface area contributed by atoms with Gasteiger partial charge in [0.25, 0.3) is 0 Å². The maximum absolute atomic E-state index is 12.3. The maximum Gasteiger partial charge on any atom is 0.410 e. The average Bonchev–Trinajstić information content (AvgIpc) is 2.87. The summed E-state index contributed by atoms with van der Waals surface area (Å²) in [4.78, 5) is 14.2. The van der Waals surface area contributed by atoms with Crippen molar-refractivity contribution in [2.45, 2.75) is 70.6 Å². The monoisotopic (exact) mass is 280 g/mol. The molecule has 20 heavy (non-hydrogen) atoms. The number of rotatable bonds is 3. The fraction of sp³-hybridized carbons (Fsp3) is 0.812. The molecule has 1 atom stereocenters. The molecule has 1 aliphatic carbocycles. The van der Waals surface area contributed by atoms with Gasteiger partial charge < -0.3 is 15.0 Å². The summed E-state index contributed by atoms with van der Waals surface area (Å²) in [5.74, 6) is 0. The van der Waals surface area contributed by atoms with Crippen LogP contribution in [0.5, 0.6) is 0 Å². The molecule has 1 N–H and O–H groups in total. The van der Waals surface area contributed by atoms with Gasteiger partial charge in [0.1, 0.15) is 5.60 Å². The number of ether oxygens (including phenoxy) is 1. The van der Waals surface area contributed by atoms with Crippen molar-refractivity contribution in [3.63, 3.8) is 0 Å². The molecular weight excluding hydrogens is 252 g/mol. The van der Waals surface area contributed by atoms with Gasteiger partial charge in [0, 0.05) is 25.2 Å². The molecule has 1 heterocycles. The van der Waals surface area contributed by atoms with Gasteiger partial charge in [0.15, 0.2) is 0 Å². The Kier molecular flexibility index (Phi) is 5.08. The number of hydrogen-bond acceptors (Lipinski definition) is 3. The summed E-state index contributed by atoms with van der Waals surface area (Å²) in [6.07, 6.45) is 9.88. The Hall–Kier alpha value is -1.03. The van der Waals surface area contributed by atoms with Gasteiger partial charge >= 0.3 is 6.09 Å². The van der Waals surface area contributed by atoms with Crippen LogP contribution in [0.3, 0.4) is 0 Å². The zero-order chi connectivity index (χ0) is 14.6. The molecule has 1 saturated heterocycles. The number of carbonyl (C=O) groups is 1. The van der Waals surface area contributed by atoms with E-state index in [0.717, 1.165) is 38.8 Å². The number of hydrogen-bond donors (Lipinski definition) is 1. The van der Waals surface area contributed by atoms with Crippen molar-refractivity contribution < 1.29 is 9.53 Å². The molecule has 1 fully saturated rings. The van der Waals surface area contributed by atoms with Crippen molar-refractivity contribution in [3.8, 4) is 0 Å². The highest BCUT2D eigenvalue weighted by molar-refractivity contribution is 5.68. The highest BCUT2D eigenvalue weighted by Gasteiger charge is 2.30. The Morgan fingerprint density at radius 1 is 1.30 bits per heavy atom. The minimum Gasteiger partial charge on any atom is -0.444 e. The van der Waals surface area contributed by atoms with Gasteiger partial charge in [0.05, 0.1) is 0 Å². The van der Waals surface area contributed by atoms with E-state index in [4.69, 9.17) is 4.74 Å². The molecule has 2 aliphatic rings. The predicted molar refractivity (Wildman–Crippen MR) is 80.7 cm³/mol. The molecule has 1 aliphatic heterocycles. The number of piperidine rings is 1. The first-order valence-electron chi connectivity index (χ1n) is 7.84. The minimum absolute atomic E-state index is 0.159. The molecule has 0 aromatic rings. The summed E-state index contributed by atoms with van der Waals surface area (Å²) in [6, 6.07) is 0.830. The molecule has 0 aromatic heterocycles. The summed E-state index contributed by atoms with van der Waals surface area (Å²) < 4.78 is 5.53. The third-order valence-electron chi connectivity index (χ3n) is 3.91. The molecule has 0 bridgehead atoms. The lowest BCUT2D eigenvalue weighted by molar-refractivity contribution is 0.00969. The largest absolute Gasteiger partial charge is 0.444 e. The van der Waals surface area contributed by atoms with Crippen LogP contribution in [-0.4, -0.2) is 41.8 Å². The van der Waals surface area contributed by atoms with Crippen LogP contribution < -0.4 is 5.32 Å². The van der Waals surface area contributed by atoms with Crippen LogP contribution in [-0.2, 0) is 4.74 Å². The number of amides is 1. The molecule has 1 amide bonds. The van der Waals surface area contributed by atoms with E-state index in [0.29, 0.717) is 6.04 Å². The Balaban J connectivity index is 1.85. The number of carbonyl (C=O) groups excluding carboxylic acids is 1. The first kappa shape index (κ1) is 15.4. The van der Waals surface area contributed by atoms with Crippen molar-refractivity contribution in [2.24, 2.45) is 0 Å². The Morgan fingerprint density at radius 3 is 2.65 bits per heavy atom. The van der Waals surface area contributed by atoms with E-state index in [9.17, 15) is 4.79 Å². The van der Waals surface area contributed by atoms with Crippen LogP contribution in [0.25, 0.3) is 0 Å². The van der Waals surface area contributed by atoms with Crippen LogP contribution in [0.15, 0.2) is 12.2 Å². The normalized spacial score (nSPS) is 24.1. The highest BCUT2D eigenvalue weighted by Crippen LogP contribution is 2.20. The van der Waals surface area contributed by atoms with Gasteiger partial charge in [-0.3, -0.25) is 0 Å². The lowest BCUT2D eigenvalue weighted by atomic mass is 10.0. The summed E-state index contributed by atoms with van der Waals surface area (Å²) in [7, 11) is 0. The fourth-order valence-corrected chi connectivity index (χ4v) is 2.86. The third kappa shape index (κ3) is 4.51. The Morgan fingerprint density at radius 2 is 2.00 bits per heavy atom. The molecule has 0 saturated carbocycles. The first-order chi connectivity index (χ1) is 9.46. The Labute approximate surface area is 122 Å². The maximum atomic E-state index is 12.3. The first-order valence-corrected chi connectivity index (χ1v) is 7.84. The van der Waals surface area contributed by atoms with Gasteiger partial charge in [-0.2, -0.15) is 0 Å². The quantitative estimate of drug-likeness (QED) is 0.808. The second-order valence-corrected chi connectivity index (χ2v) is 6.87. The van der Waals surface area contributed by atoms with Crippen molar-refractivity contribution in [1.29, 1.82) is 0 Å². The van der Waals surface area contributed by atoms with Crippen molar-refractivity contribution >= 4 is 6.09 Å². The molecule has 0 radical (unpaired) electrons. The number of likely N-dealkylation sites (tertiary alicyclic amines) is 1. The van der Waals surface area contributed by atoms with Crippen molar-refractivity contribution in [2.75, 3.05) is 13.1 Å². The van der Waals surface area contributed by atoms with Crippen LogP contribution in [0.4, 0.5) is 4.79 Å². The third-order valence-corrected chi connectivity index (χ3v) is 3.91. The molecule has 1 unspecified atom stereocenters. The zero-order valence-electron chi connectivity index (χ0n) is 13.0. The van der Waals surface area contributed by atoms with Gasteiger partial charge in [-0.15, -0.1) is 0 Å². The minimum atomic E-state index is -0.415. The molecule has 4 nitrogen and oxygen atoms in total. The lowest BCUT2D eigenvalue weighted by Crippen LogP contribution is -2.51. The molecule has 114 valence electrons. The summed E-state index contributed by atoms with van der Waals surface area (Å²) >= 11 is 0. The van der Waals surface area contributed by atoms with E-state index in [1.54, 1.807) is 0 Å². The Bertz CT molecular complexity index is 352. The molecule has 0 aromatic carbocycles. The van der Waals surface area contributed by atoms with Crippen LogP contribution in [0.1, 0.15) is 52.9 Å². The van der Waals surface area contributed by atoms with Crippen LogP contribution >= 0.6 is 0 Å². The van der Waals surface area contributed by atoms with Gasteiger partial charge in [0.2, 0.25) is 0 Å². The van der Waals surface area contributed by atoms with Gasteiger partial charge in [-0.25, -0.2) is 4.79 Å². The lowest BCUT2D eigenvalue weighted by Gasteiger charge is -2.37. The van der Waals surface area contributed by atoms with E-state index in [1.165, 1.54) is 6.42 Å². The highest BCUT2D eigenvalue weighted by atomic mass is 16.6. The average molecular weight is 280 g/mol. The predicted octanol–water partition coefficient (Wildman–Crippen LogP) is 3.08. The summed E-state index contributed by atoms with van der Waals surface area (Å²) in [5.41, 5.74) is -0.415. The van der Waals surface area contributed by atoms with Crippen LogP contribution in [0, 0.1) is 0 Å². The van der Waals surface area contributed by atoms with E-state index < -0.39 is 5.60 Å². The van der Waals surface area contributed by atoms with Crippen LogP contribution in [0.2, 0.25) is 0 Å². The standard InChI is InChI=1S/C16H28N2O2/c1-16(2,3)20-15(19)18-11-7-6-10-14(18)12-17-13-8-4-5-9-13/h4-5,13-14,17H,6-12H2,1-3H3. The molecule has 0 spiro atoms. The summed E-state index contributed by atoms with van der Waals surface area (Å²) in [5, 5.41) is 3.59. The molecule has 4 heteroatoms. The van der Waals surface area contributed by atoms with Crippen molar-refractivity contribution in [1.82, 2.24) is 10.2 Å². The van der Waals surface area contributed by atoms with E-state index in [1.807, 2.05) is 25.7 Å². The van der Waals surface area contributed by atoms with Gasteiger partial charge in [-0.05, 0) is 52.9 Å². The second-order valence-electron chi connectivity index (χ2n) is 6.87. The molecule has 2 rings (SSSR count). The fourth-order valence-electron chi connectivity index (χ4n) is 2.86. The van der Waals surface area contributed by atoms with E-state index >= 15 is 0 Å². The molecular formula is C16H28N2O2. The van der Waals surface area contributed by atoms with E-state index in [-0.39, 0.29) is 12.1 Å². The second kappa shape index (κ2) is 6.61. The topological polar surface area (TPSA) is 41.6 Å². The number of nitrogens with zero attached hydrogens (tertiary/aromatic N) is 1. The smallest absolute Gasteiger partial charge is 0.410 e. The SMILES string of the molecule is CC(C)(C)OC(=O)N1CCCCC1CNC1CC=CC1. The van der Waals surface area contributed by atoms with Gasteiger partial charge in [-0.1, -0.05) is 12.2 Å². The van der Waals surface area contributed by atoms with E-state index in [2.05, 4.69) is 17.5 Å².